The summed E-state index contributed by atoms with van der Waals surface area (Å²) in [6.45, 7) is 12.7. The van der Waals surface area contributed by atoms with Crippen molar-refractivity contribution in [3.8, 4) is 0 Å². The maximum Gasteiger partial charge on any atom is 0.410 e. The molecule has 0 aromatic heterocycles. The van der Waals surface area contributed by atoms with Gasteiger partial charge >= 0.3 is 6.09 Å². The summed E-state index contributed by atoms with van der Waals surface area (Å²) in [6, 6.07) is 9.89. The van der Waals surface area contributed by atoms with Gasteiger partial charge in [-0.2, -0.15) is 0 Å². The van der Waals surface area contributed by atoms with E-state index in [0.717, 1.165) is 19.5 Å². The lowest BCUT2D eigenvalue weighted by atomic mass is 10.0. The molecule has 2 amide bonds. The van der Waals surface area contributed by atoms with Crippen molar-refractivity contribution >= 4 is 12.0 Å². The largest absolute Gasteiger partial charge is 0.444 e. The maximum absolute atomic E-state index is 12.9. The normalized spacial score (nSPS) is 18.2. The molecule has 1 aliphatic heterocycles. The van der Waals surface area contributed by atoms with E-state index in [-0.39, 0.29) is 11.9 Å². The molecule has 0 bridgehead atoms. The minimum absolute atomic E-state index is 0.101. The van der Waals surface area contributed by atoms with E-state index in [1.165, 1.54) is 5.56 Å². The summed E-state index contributed by atoms with van der Waals surface area (Å²) in [5, 5.41) is 3.09. The first kappa shape index (κ1) is 22.2. The van der Waals surface area contributed by atoms with E-state index >= 15 is 0 Å². The number of carbonyl (C=O) groups is 2. The van der Waals surface area contributed by atoms with Crippen molar-refractivity contribution in [2.75, 3.05) is 26.2 Å². The van der Waals surface area contributed by atoms with Crippen LogP contribution in [0.1, 0.15) is 59.1 Å². The number of benzene rings is 1. The molecule has 0 aliphatic carbocycles. The van der Waals surface area contributed by atoms with Crippen molar-refractivity contribution in [2.45, 2.75) is 65.1 Å². The monoisotopic (exact) mass is 389 g/mol. The Morgan fingerprint density at radius 2 is 1.86 bits per heavy atom. The van der Waals surface area contributed by atoms with Gasteiger partial charge < -0.3 is 10.1 Å². The lowest BCUT2D eigenvalue weighted by Crippen LogP contribution is -2.49. The Balaban J connectivity index is 2.04. The molecule has 2 atom stereocenters. The quantitative estimate of drug-likeness (QED) is 0.774. The number of carbonyl (C=O) groups excluding carboxylic acids is 2. The number of ether oxygens (including phenoxy) is 1. The molecule has 28 heavy (non-hydrogen) atoms. The zero-order chi connectivity index (χ0) is 20.7. The molecule has 1 aromatic rings. The van der Waals surface area contributed by atoms with Crippen molar-refractivity contribution in [3.05, 3.63) is 35.9 Å². The van der Waals surface area contributed by atoms with Gasteiger partial charge in [0, 0.05) is 13.1 Å². The molecule has 1 aliphatic rings. The van der Waals surface area contributed by atoms with E-state index in [0.29, 0.717) is 19.5 Å². The molecule has 6 heteroatoms. The SMILES string of the molecule is CCN(CC)C(CNC(=O)C1CCCN1C(=O)OC(C)(C)C)c1ccccc1. The van der Waals surface area contributed by atoms with Crippen molar-refractivity contribution in [2.24, 2.45) is 0 Å². The summed E-state index contributed by atoms with van der Waals surface area (Å²) in [5.74, 6) is -0.101. The van der Waals surface area contributed by atoms with E-state index in [1.807, 2.05) is 39.0 Å². The minimum Gasteiger partial charge on any atom is -0.444 e. The van der Waals surface area contributed by atoms with Gasteiger partial charge in [0.15, 0.2) is 0 Å². The third kappa shape index (κ3) is 5.96. The first-order chi connectivity index (χ1) is 13.3. The third-order valence-corrected chi connectivity index (χ3v) is 5.09. The van der Waals surface area contributed by atoms with Crippen molar-refractivity contribution in [1.29, 1.82) is 0 Å². The third-order valence-electron chi connectivity index (χ3n) is 5.09. The van der Waals surface area contributed by atoms with Crippen molar-refractivity contribution < 1.29 is 14.3 Å². The molecule has 1 saturated heterocycles. The average molecular weight is 390 g/mol. The number of hydrogen-bond donors (Lipinski definition) is 1. The molecular weight excluding hydrogens is 354 g/mol. The molecule has 2 unspecified atom stereocenters. The summed E-state index contributed by atoms with van der Waals surface area (Å²) in [4.78, 5) is 29.2. The van der Waals surface area contributed by atoms with Crippen LogP contribution in [0.5, 0.6) is 0 Å². The van der Waals surface area contributed by atoms with Gasteiger partial charge in [0.2, 0.25) is 5.91 Å². The van der Waals surface area contributed by atoms with Gasteiger partial charge in [0.05, 0.1) is 6.04 Å². The molecule has 0 saturated carbocycles. The molecule has 1 fully saturated rings. The highest BCUT2D eigenvalue weighted by molar-refractivity contribution is 5.86. The van der Waals surface area contributed by atoms with Crippen LogP contribution in [-0.4, -0.2) is 59.6 Å². The Labute approximate surface area is 169 Å². The van der Waals surface area contributed by atoms with Crippen LogP contribution >= 0.6 is 0 Å². The van der Waals surface area contributed by atoms with Gasteiger partial charge in [-0.15, -0.1) is 0 Å². The second-order valence-electron chi connectivity index (χ2n) is 8.22. The molecule has 156 valence electrons. The number of likely N-dealkylation sites (N-methyl/N-ethyl adjacent to an activating group) is 1. The fraction of sp³-hybridized carbons (Fsp3) is 0.636. The van der Waals surface area contributed by atoms with E-state index in [9.17, 15) is 9.59 Å². The van der Waals surface area contributed by atoms with Crippen molar-refractivity contribution in [1.82, 2.24) is 15.1 Å². The number of nitrogens with zero attached hydrogens (tertiary/aromatic N) is 2. The zero-order valence-corrected chi connectivity index (χ0v) is 17.9. The number of hydrogen-bond acceptors (Lipinski definition) is 4. The van der Waals surface area contributed by atoms with Crippen molar-refractivity contribution in [3.63, 3.8) is 0 Å². The maximum atomic E-state index is 12.9. The molecule has 1 heterocycles. The van der Waals surface area contributed by atoms with Gasteiger partial charge in [-0.05, 0) is 52.3 Å². The van der Waals surface area contributed by atoms with Gasteiger partial charge in [-0.1, -0.05) is 44.2 Å². The average Bonchev–Trinajstić information content (AvgIpc) is 3.14. The highest BCUT2D eigenvalue weighted by Gasteiger charge is 2.36. The van der Waals surface area contributed by atoms with Gasteiger partial charge in [0.25, 0.3) is 0 Å². The molecule has 1 N–H and O–H groups in total. The molecule has 6 nitrogen and oxygen atoms in total. The number of amides is 2. The van der Waals surface area contributed by atoms with Crippen LogP contribution < -0.4 is 5.32 Å². The Kier molecular flexibility index (Phi) is 7.87. The summed E-state index contributed by atoms with van der Waals surface area (Å²) in [5.41, 5.74) is 0.615. The van der Waals surface area contributed by atoms with Crippen LogP contribution in [0.2, 0.25) is 0 Å². The lowest BCUT2D eigenvalue weighted by Gasteiger charge is -2.32. The minimum atomic E-state index is -0.568. The second kappa shape index (κ2) is 9.92. The Hall–Kier alpha value is -2.08. The van der Waals surface area contributed by atoms with Crippen LogP contribution in [0, 0.1) is 0 Å². The molecule has 0 spiro atoms. The molecular formula is C22H35N3O3. The highest BCUT2D eigenvalue weighted by atomic mass is 16.6. The van der Waals surface area contributed by atoms with E-state index < -0.39 is 17.7 Å². The van der Waals surface area contributed by atoms with Gasteiger partial charge in [-0.25, -0.2) is 4.79 Å². The summed E-state index contributed by atoms with van der Waals surface area (Å²) >= 11 is 0. The lowest BCUT2D eigenvalue weighted by molar-refractivity contribution is -0.125. The molecule has 2 rings (SSSR count). The van der Waals surface area contributed by atoms with Gasteiger partial charge in [0.1, 0.15) is 11.6 Å². The Morgan fingerprint density at radius 3 is 2.43 bits per heavy atom. The second-order valence-corrected chi connectivity index (χ2v) is 8.22. The smallest absolute Gasteiger partial charge is 0.410 e. The first-order valence-corrected chi connectivity index (χ1v) is 10.3. The van der Waals surface area contributed by atoms with Crippen LogP contribution in [0.15, 0.2) is 30.3 Å². The Bertz CT molecular complexity index is 638. The van der Waals surface area contributed by atoms with E-state index in [1.54, 1.807) is 4.90 Å². The van der Waals surface area contributed by atoms with Crippen LogP contribution in [-0.2, 0) is 9.53 Å². The number of nitrogens with one attached hydrogen (secondary N) is 1. The van der Waals surface area contributed by atoms with Crippen LogP contribution in [0.4, 0.5) is 4.79 Å². The zero-order valence-electron chi connectivity index (χ0n) is 17.9. The summed E-state index contributed by atoms with van der Waals surface area (Å²) < 4.78 is 5.47. The standard InChI is InChI=1S/C22H35N3O3/c1-6-24(7-2)19(17-12-9-8-10-13-17)16-23-20(26)18-14-11-15-25(18)21(27)28-22(3,4)5/h8-10,12-13,18-19H,6-7,11,14-16H2,1-5H3,(H,23,26). The van der Waals surface area contributed by atoms with Gasteiger partial charge in [-0.3, -0.25) is 14.6 Å². The summed E-state index contributed by atoms with van der Waals surface area (Å²) in [6.07, 6.45) is 1.08. The predicted molar refractivity (Wildman–Crippen MR) is 111 cm³/mol. The Morgan fingerprint density at radius 1 is 1.21 bits per heavy atom. The fourth-order valence-electron chi connectivity index (χ4n) is 3.69. The number of rotatable bonds is 7. The van der Waals surface area contributed by atoms with E-state index in [4.69, 9.17) is 4.74 Å². The predicted octanol–water partition coefficient (Wildman–Crippen LogP) is 3.59. The van der Waals surface area contributed by atoms with Crippen LogP contribution in [0.25, 0.3) is 0 Å². The first-order valence-electron chi connectivity index (χ1n) is 10.3. The van der Waals surface area contributed by atoms with Crippen LogP contribution in [0.3, 0.4) is 0 Å². The number of likely N-dealkylation sites (tertiary alicyclic amines) is 1. The fourth-order valence-corrected chi connectivity index (χ4v) is 3.69. The highest BCUT2D eigenvalue weighted by Crippen LogP contribution is 2.23. The van der Waals surface area contributed by atoms with E-state index in [2.05, 4.69) is 36.2 Å². The molecule has 0 radical (unpaired) electrons. The topological polar surface area (TPSA) is 61.9 Å². The summed E-state index contributed by atoms with van der Waals surface area (Å²) in [7, 11) is 0. The molecule has 1 aromatic carbocycles.